The van der Waals surface area contributed by atoms with Crippen molar-refractivity contribution in [2.75, 3.05) is 7.05 Å². The van der Waals surface area contributed by atoms with Gasteiger partial charge in [0.05, 0.1) is 11.6 Å². The number of hydrogen-bond acceptors (Lipinski definition) is 3. The van der Waals surface area contributed by atoms with Gasteiger partial charge in [0, 0.05) is 6.54 Å². The van der Waals surface area contributed by atoms with Gasteiger partial charge < -0.3 is 15.7 Å². The van der Waals surface area contributed by atoms with Crippen molar-refractivity contribution in [2.24, 2.45) is 0 Å². The molecular weight excluding hydrogens is 430 g/mol. The predicted octanol–water partition coefficient (Wildman–Crippen LogP) is 4.23. The van der Waals surface area contributed by atoms with Crippen LogP contribution in [-0.2, 0) is 22.3 Å². The molecule has 0 saturated heterocycles. The highest BCUT2D eigenvalue weighted by atomic mass is 19.4. The maximum atomic E-state index is 12.6. The molecular formula is C20H20F6N2O3. The van der Waals surface area contributed by atoms with E-state index in [1.807, 2.05) is 24.3 Å². The highest BCUT2D eigenvalue weighted by Crippen LogP contribution is 2.31. The fourth-order valence-electron chi connectivity index (χ4n) is 2.19. The summed E-state index contributed by atoms with van der Waals surface area (Å²) in [6.45, 7) is 2.12. The molecule has 1 atom stereocenters. The molecule has 170 valence electrons. The lowest BCUT2D eigenvalue weighted by Crippen LogP contribution is -2.39. The number of aliphatic carboxylic acids is 1. The fraction of sp³-hybridized carbons (Fsp3) is 0.300. The molecule has 3 N–H and O–H groups in total. The van der Waals surface area contributed by atoms with E-state index >= 15 is 0 Å². The summed E-state index contributed by atoms with van der Waals surface area (Å²) in [5.41, 5.74) is 1.71. The Kier molecular flexibility index (Phi) is 9.04. The number of carbonyl (C=O) groups excluding carboxylic acids is 1. The first-order valence-electron chi connectivity index (χ1n) is 8.77. The van der Waals surface area contributed by atoms with Crippen LogP contribution in [-0.4, -0.2) is 36.2 Å². The minimum Gasteiger partial charge on any atom is -0.475 e. The highest BCUT2D eigenvalue weighted by Gasteiger charge is 2.38. The van der Waals surface area contributed by atoms with E-state index in [9.17, 15) is 31.1 Å². The van der Waals surface area contributed by atoms with Gasteiger partial charge in [0.2, 0.25) is 5.91 Å². The average molecular weight is 450 g/mol. The molecule has 31 heavy (non-hydrogen) atoms. The lowest BCUT2D eigenvalue weighted by Gasteiger charge is -2.12. The Hall–Kier alpha value is -3.08. The molecule has 0 aromatic heterocycles. The van der Waals surface area contributed by atoms with Crippen LogP contribution in [0.1, 0.15) is 18.1 Å². The topological polar surface area (TPSA) is 78.4 Å². The van der Waals surface area contributed by atoms with E-state index in [0.717, 1.165) is 23.3 Å². The summed E-state index contributed by atoms with van der Waals surface area (Å²) in [7, 11) is 1.70. The van der Waals surface area contributed by atoms with E-state index in [4.69, 9.17) is 9.90 Å². The first kappa shape index (κ1) is 26.0. The number of carboxylic acids is 1. The zero-order valence-electron chi connectivity index (χ0n) is 16.4. The van der Waals surface area contributed by atoms with Crippen LogP contribution >= 0.6 is 0 Å². The number of carboxylic acid groups (broad SMARTS) is 1. The van der Waals surface area contributed by atoms with Gasteiger partial charge >= 0.3 is 18.3 Å². The van der Waals surface area contributed by atoms with Crippen molar-refractivity contribution in [3.8, 4) is 11.1 Å². The summed E-state index contributed by atoms with van der Waals surface area (Å²) >= 11 is 0. The molecule has 0 fully saturated rings. The van der Waals surface area contributed by atoms with Gasteiger partial charge in [-0.1, -0.05) is 30.3 Å². The van der Waals surface area contributed by atoms with Gasteiger partial charge in [-0.05, 0) is 48.9 Å². The summed E-state index contributed by atoms with van der Waals surface area (Å²) in [6, 6.07) is 12.1. The van der Waals surface area contributed by atoms with Gasteiger partial charge in [-0.3, -0.25) is 4.79 Å². The molecule has 0 heterocycles. The highest BCUT2D eigenvalue weighted by molar-refractivity contribution is 5.81. The molecule has 0 bridgehead atoms. The van der Waals surface area contributed by atoms with E-state index in [2.05, 4.69) is 10.6 Å². The average Bonchev–Trinajstić information content (AvgIpc) is 2.70. The molecule has 0 aliphatic rings. The standard InChI is InChI=1S/C18H19F3N2O.C2HF3O2/c1-12(22-2)17(24)23-11-13-4-3-5-15(10-13)14-6-8-16(9-7-14)18(19,20)21;3-2(4,5)1(6)7/h3-10,12,22H,11H2,1-2H3,(H,23,24);(H,6,7)/t12-;/m0./s1. The zero-order valence-corrected chi connectivity index (χ0v) is 16.4. The van der Waals surface area contributed by atoms with E-state index in [0.29, 0.717) is 12.1 Å². The molecule has 0 aliphatic carbocycles. The van der Waals surface area contributed by atoms with Crippen molar-refractivity contribution in [3.05, 3.63) is 59.7 Å². The molecule has 0 saturated carbocycles. The Bertz CT molecular complexity index is 880. The number of alkyl halides is 6. The van der Waals surface area contributed by atoms with Crippen molar-refractivity contribution in [2.45, 2.75) is 31.9 Å². The summed E-state index contributed by atoms with van der Waals surface area (Å²) < 4.78 is 69.6. The Labute approximate surface area is 174 Å². The normalized spacial score (nSPS) is 12.4. The van der Waals surface area contributed by atoms with E-state index < -0.39 is 23.9 Å². The first-order chi connectivity index (χ1) is 14.3. The number of amides is 1. The first-order valence-corrected chi connectivity index (χ1v) is 8.77. The van der Waals surface area contributed by atoms with Crippen molar-refractivity contribution in [1.82, 2.24) is 10.6 Å². The molecule has 0 unspecified atom stereocenters. The third kappa shape index (κ3) is 8.67. The van der Waals surface area contributed by atoms with Crippen molar-refractivity contribution < 1.29 is 41.0 Å². The lowest BCUT2D eigenvalue weighted by atomic mass is 10.0. The van der Waals surface area contributed by atoms with E-state index in [1.165, 1.54) is 12.1 Å². The van der Waals surface area contributed by atoms with Crippen LogP contribution in [0.5, 0.6) is 0 Å². The molecule has 5 nitrogen and oxygen atoms in total. The van der Waals surface area contributed by atoms with Crippen LogP contribution in [0.15, 0.2) is 48.5 Å². The molecule has 2 aromatic carbocycles. The lowest BCUT2D eigenvalue weighted by molar-refractivity contribution is -0.192. The van der Waals surface area contributed by atoms with Crippen LogP contribution < -0.4 is 10.6 Å². The third-order valence-corrected chi connectivity index (χ3v) is 4.01. The molecule has 11 heteroatoms. The number of carbonyl (C=O) groups is 2. The predicted molar refractivity (Wildman–Crippen MR) is 101 cm³/mol. The zero-order chi connectivity index (χ0) is 23.8. The minimum atomic E-state index is -5.08. The number of benzene rings is 2. The second kappa shape index (κ2) is 10.8. The number of rotatable bonds is 5. The van der Waals surface area contributed by atoms with Gasteiger partial charge in [-0.15, -0.1) is 0 Å². The summed E-state index contributed by atoms with van der Waals surface area (Å²) in [6.07, 6.45) is -9.42. The van der Waals surface area contributed by atoms with Gasteiger partial charge in [0.1, 0.15) is 0 Å². The van der Waals surface area contributed by atoms with Gasteiger partial charge in [0.25, 0.3) is 0 Å². The minimum absolute atomic E-state index is 0.113. The van der Waals surface area contributed by atoms with Gasteiger partial charge in [-0.25, -0.2) is 4.79 Å². The van der Waals surface area contributed by atoms with Crippen LogP contribution in [0.4, 0.5) is 26.3 Å². The van der Waals surface area contributed by atoms with Crippen LogP contribution in [0, 0.1) is 0 Å². The second-order valence-corrected chi connectivity index (χ2v) is 6.31. The number of hydrogen-bond donors (Lipinski definition) is 3. The molecule has 0 radical (unpaired) electrons. The van der Waals surface area contributed by atoms with E-state index in [-0.39, 0.29) is 11.9 Å². The summed E-state index contributed by atoms with van der Waals surface area (Å²) in [5, 5.41) is 12.8. The molecule has 1 amide bonds. The Morgan fingerprint density at radius 2 is 1.52 bits per heavy atom. The van der Waals surface area contributed by atoms with Crippen molar-refractivity contribution in [3.63, 3.8) is 0 Å². The Balaban J connectivity index is 0.000000592. The summed E-state index contributed by atoms with van der Waals surface area (Å²) in [4.78, 5) is 20.6. The quantitative estimate of drug-likeness (QED) is 0.596. The van der Waals surface area contributed by atoms with Crippen molar-refractivity contribution >= 4 is 11.9 Å². The second-order valence-electron chi connectivity index (χ2n) is 6.31. The van der Waals surface area contributed by atoms with Gasteiger partial charge in [-0.2, -0.15) is 26.3 Å². The Morgan fingerprint density at radius 1 is 0.968 bits per heavy atom. The maximum absolute atomic E-state index is 12.6. The van der Waals surface area contributed by atoms with Crippen LogP contribution in [0.25, 0.3) is 11.1 Å². The monoisotopic (exact) mass is 450 g/mol. The number of nitrogens with one attached hydrogen (secondary N) is 2. The van der Waals surface area contributed by atoms with Crippen LogP contribution in [0.2, 0.25) is 0 Å². The number of likely N-dealkylation sites (N-methyl/N-ethyl adjacent to an activating group) is 1. The maximum Gasteiger partial charge on any atom is 0.490 e. The van der Waals surface area contributed by atoms with Crippen LogP contribution in [0.3, 0.4) is 0 Å². The molecule has 2 rings (SSSR count). The molecule has 2 aromatic rings. The molecule has 0 aliphatic heterocycles. The van der Waals surface area contributed by atoms with Gasteiger partial charge in [0.15, 0.2) is 0 Å². The third-order valence-electron chi connectivity index (χ3n) is 4.01. The number of halogens is 6. The fourth-order valence-corrected chi connectivity index (χ4v) is 2.19. The summed E-state index contributed by atoms with van der Waals surface area (Å²) in [5.74, 6) is -2.87. The largest absolute Gasteiger partial charge is 0.490 e. The van der Waals surface area contributed by atoms with E-state index in [1.54, 1.807) is 14.0 Å². The van der Waals surface area contributed by atoms with Crippen molar-refractivity contribution in [1.29, 1.82) is 0 Å². The molecule has 0 spiro atoms. The smallest absolute Gasteiger partial charge is 0.475 e. The Morgan fingerprint density at radius 3 is 1.97 bits per heavy atom. The SMILES string of the molecule is CN[C@@H](C)C(=O)NCc1cccc(-c2ccc(C(F)(F)F)cc2)c1.O=C(O)C(F)(F)F.